The van der Waals surface area contributed by atoms with Crippen molar-refractivity contribution in [2.75, 3.05) is 33.7 Å². The highest BCUT2D eigenvalue weighted by atomic mass is 16.2. The lowest BCUT2D eigenvalue weighted by Gasteiger charge is -2.34. The summed E-state index contributed by atoms with van der Waals surface area (Å²) < 4.78 is 0. The molecule has 0 unspecified atom stereocenters. The second-order valence-corrected chi connectivity index (χ2v) is 8.19. The van der Waals surface area contributed by atoms with E-state index >= 15 is 0 Å². The number of pyridine rings is 1. The Labute approximate surface area is 152 Å². The topological polar surface area (TPSA) is 48.5 Å². The third-order valence-corrected chi connectivity index (χ3v) is 4.98. The molecule has 1 saturated heterocycles. The van der Waals surface area contributed by atoms with Crippen molar-refractivity contribution in [1.29, 1.82) is 0 Å². The highest BCUT2D eigenvalue weighted by molar-refractivity contribution is 5.79. The molecule has 2 rings (SSSR count). The fourth-order valence-electron chi connectivity index (χ4n) is 3.43. The summed E-state index contributed by atoms with van der Waals surface area (Å²) in [4.78, 5) is 21.3. The van der Waals surface area contributed by atoms with E-state index in [1.807, 2.05) is 12.4 Å². The van der Waals surface area contributed by atoms with E-state index in [0.29, 0.717) is 0 Å². The van der Waals surface area contributed by atoms with Gasteiger partial charge in [0.1, 0.15) is 0 Å². The summed E-state index contributed by atoms with van der Waals surface area (Å²) in [7, 11) is 4.18. The number of aromatic nitrogens is 1. The molecule has 5 heteroatoms. The number of piperidine rings is 1. The molecule has 1 aromatic rings. The van der Waals surface area contributed by atoms with Crippen LogP contribution in [0.3, 0.4) is 0 Å². The lowest BCUT2D eigenvalue weighted by molar-refractivity contribution is -0.128. The van der Waals surface area contributed by atoms with Crippen molar-refractivity contribution in [3.8, 4) is 0 Å². The third kappa shape index (κ3) is 7.12. The molecule has 5 nitrogen and oxygen atoms in total. The highest BCUT2D eigenvalue weighted by Gasteiger charge is 2.28. The SMILES string of the molecule is CN(C)CCCC(C)(C)NC(=O)C1CCN(Cc2ccncc2)CC1. The van der Waals surface area contributed by atoms with Crippen LogP contribution in [0.15, 0.2) is 24.5 Å². The predicted octanol–water partition coefficient (Wildman–Crippen LogP) is 2.53. The Bertz CT molecular complexity index is 522. The number of hydrogen-bond donors (Lipinski definition) is 1. The molecule has 1 amide bonds. The first-order valence-corrected chi connectivity index (χ1v) is 9.44. The van der Waals surface area contributed by atoms with Crippen LogP contribution in [0.4, 0.5) is 0 Å². The Balaban J connectivity index is 1.73. The van der Waals surface area contributed by atoms with E-state index in [0.717, 1.165) is 51.9 Å². The molecule has 1 aromatic heterocycles. The van der Waals surface area contributed by atoms with Gasteiger partial charge in [-0.3, -0.25) is 14.7 Å². The van der Waals surface area contributed by atoms with Crippen molar-refractivity contribution in [2.24, 2.45) is 5.92 Å². The summed E-state index contributed by atoms with van der Waals surface area (Å²) in [5, 5.41) is 3.28. The number of carbonyl (C=O) groups excluding carboxylic acids is 1. The minimum Gasteiger partial charge on any atom is -0.351 e. The van der Waals surface area contributed by atoms with Crippen LogP contribution in [0, 0.1) is 5.92 Å². The van der Waals surface area contributed by atoms with Gasteiger partial charge < -0.3 is 10.2 Å². The normalized spacial score (nSPS) is 17.0. The number of amides is 1. The number of rotatable bonds is 8. The second kappa shape index (κ2) is 9.30. The predicted molar refractivity (Wildman–Crippen MR) is 102 cm³/mol. The Morgan fingerprint density at radius 1 is 1.28 bits per heavy atom. The van der Waals surface area contributed by atoms with Crippen molar-refractivity contribution in [2.45, 2.75) is 51.6 Å². The van der Waals surface area contributed by atoms with Gasteiger partial charge in [-0.05, 0) is 91.0 Å². The van der Waals surface area contributed by atoms with E-state index in [2.05, 4.69) is 60.2 Å². The van der Waals surface area contributed by atoms with Gasteiger partial charge in [0.25, 0.3) is 0 Å². The molecule has 1 aliphatic rings. The van der Waals surface area contributed by atoms with E-state index in [4.69, 9.17) is 0 Å². The molecule has 0 radical (unpaired) electrons. The molecule has 0 bridgehead atoms. The maximum absolute atomic E-state index is 12.6. The van der Waals surface area contributed by atoms with Gasteiger partial charge in [0, 0.05) is 30.4 Å². The second-order valence-electron chi connectivity index (χ2n) is 8.19. The standard InChI is InChI=1S/C20H34N4O/c1-20(2,10-5-13-23(3)4)22-19(25)18-8-14-24(15-9-18)16-17-6-11-21-12-7-17/h6-7,11-12,18H,5,8-10,13-16H2,1-4H3,(H,22,25). The smallest absolute Gasteiger partial charge is 0.223 e. The Morgan fingerprint density at radius 2 is 1.92 bits per heavy atom. The molecule has 140 valence electrons. The molecular weight excluding hydrogens is 312 g/mol. The van der Waals surface area contributed by atoms with Crippen molar-refractivity contribution in [3.05, 3.63) is 30.1 Å². The van der Waals surface area contributed by atoms with Crippen molar-refractivity contribution < 1.29 is 4.79 Å². The summed E-state index contributed by atoms with van der Waals surface area (Å²) in [6.07, 6.45) is 7.69. The minimum atomic E-state index is -0.124. The van der Waals surface area contributed by atoms with Crippen LogP contribution in [0.5, 0.6) is 0 Å². The first kappa shape index (κ1) is 19.9. The van der Waals surface area contributed by atoms with Gasteiger partial charge in [-0.25, -0.2) is 0 Å². The highest BCUT2D eigenvalue weighted by Crippen LogP contribution is 2.21. The summed E-state index contributed by atoms with van der Waals surface area (Å²) in [6, 6.07) is 4.13. The summed E-state index contributed by atoms with van der Waals surface area (Å²) >= 11 is 0. The molecule has 1 aliphatic heterocycles. The van der Waals surface area contributed by atoms with Gasteiger partial charge in [-0.2, -0.15) is 0 Å². The molecule has 1 N–H and O–H groups in total. The number of likely N-dealkylation sites (tertiary alicyclic amines) is 1. The molecule has 0 spiro atoms. The van der Waals surface area contributed by atoms with Gasteiger partial charge in [0.15, 0.2) is 0 Å². The Kier molecular flexibility index (Phi) is 7.38. The monoisotopic (exact) mass is 346 g/mol. The van der Waals surface area contributed by atoms with Crippen molar-refractivity contribution in [1.82, 2.24) is 20.1 Å². The molecule has 0 aliphatic carbocycles. The number of nitrogens with one attached hydrogen (secondary N) is 1. The van der Waals surface area contributed by atoms with Crippen LogP contribution in [-0.4, -0.2) is 60.0 Å². The quantitative estimate of drug-likeness (QED) is 0.786. The molecule has 25 heavy (non-hydrogen) atoms. The minimum absolute atomic E-state index is 0.124. The van der Waals surface area contributed by atoms with E-state index in [1.165, 1.54) is 5.56 Å². The van der Waals surface area contributed by atoms with Gasteiger partial charge in [-0.1, -0.05) is 0 Å². The summed E-state index contributed by atoms with van der Waals surface area (Å²) in [5.74, 6) is 0.389. The average Bonchev–Trinajstić information content (AvgIpc) is 2.55. The van der Waals surface area contributed by atoms with E-state index < -0.39 is 0 Å². The number of hydrogen-bond acceptors (Lipinski definition) is 4. The van der Waals surface area contributed by atoms with E-state index in [1.54, 1.807) is 0 Å². The van der Waals surface area contributed by atoms with Gasteiger partial charge in [0.05, 0.1) is 0 Å². The largest absolute Gasteiger partial charge is 0.351 e. The Morgan fingerprint density at radius 3 is 2.52 bits per heavy atom. The van der Waals surface area contributed by atoms with E-state index in [-0.39, 0.29) is 17.4 Å². The Hall–Kier alpha value is -1.46. The zero-order valence-electron chi connectivity index (χ0n) is 16.3. The average molecular weight is 347 g/mol. The molecule has 1 fully saturated rings. The summed E-state index contributed by atoms with van der Waals surface area (Å²) in [6.45, 7) is 8.26. The maximum Gasteiger partial charge on any atom is 0.223 e. The fourth-order valence-corrected chi connectivity index (χ4v) is 3.43. The van der Waals surface area contributed by atoms with Crippen LogP contribution >= 0.6 is 0 Å². The van der Waals surface area contributed by atoms with Crippen LogP contribution < -0.4 is 5.32 Å². The molecule has 2 heterocycles. The van der Waals surface area contributed by atoms with Gasteiger partial charge >= 0.3 is 0 Å². The van der Waals surface area contributed by atoms with Crippen molar-refractivity contribution >= 4 is 5.91 Å². The first-order valence-electron chi connectivity index (χ1n) is 9.44. The van der Waals surface area contributed by atoms with Gasteiger partial charge in [0.2, 0.25) is 5.91 Å². The third-order valence-electron chi connectivity index (χ3n) is 4.98. The molecule has 0 atom stereocenters. The zero-order valence-corrected chi connectivity index (χ0v) is 16.3. The molecule has 0 saturated carbocycles. The van der Waals surface area contributed by atoms with E-state index in [9.17, 15) is 4.79 Å². The number of carbonyl (C=O) groups is 1. The zero-order chi connectivity index (χ0) is 18.3. The molecule has 0 aromatic carbocycles. The number of nitrogens with zero attached hydrogens (tertiary/aromatic N) is 3. The summed E-state index contributed by atoms with van der Waals surface area (Å²) in [5.41, 5.74) is 1.17. The van der Waals surface area contributed by atoms with Crippen LogP contribution in [0.1, 0.15) is 45.1 Å². The lowest BCUT2D eigenvalue weighted by Crippen LogP contribution is -2.48. The molecular formula is C20H34N4O. The maximum atomic E-state index is 12.6. The van der Waals surface area contributed by atoms with Crippen LogP contribution in [-0.2, 0) is 11.3 Å². The lowest BCUT2D eigenvalue weighted by atomic mass is 9.92. The van der Waals surface area contributed by atoms with Crippen LogP contribution in [0.2, 0.25) is 0 Å². The van der Waals surface area contributed by atoms with Crippen molar-refractivity contribution in [3.63, 3.8) is 0 Å². The fraction of sp³-hybridized carbons (Fsp3) is 0.700. The first-order chi connectivity index (χ1) is 11.9. The van der Waals surface area contributed by atoms with Gasteiger partial charge in [-0.15, -0.1) is 0 Å². The van der Waals surface area contributed by atoms with Crippen LogP contribution in [0.25, 0.3) is 0 Å².